The molecule has 3 nitrogen and oxygen atoms in total. The Hall–Kier alpha value is -1.42. The van der Waals surface area contributed by atoms with Crippen molar-refractivity contribution >= 4 is 23.2 Å². The summed E-state index contributed by atoms with van der Waals surface area (Å²) in [5.41, 5.74) is 7.63. The Morgan fingerprint density at radius 2 is 1.71 bits per heavy atom. The van der Waals surface area contributed by atoms with Gasteiger partial charge in [0, 0.05) is 0 Å². The number of hydrogen-bond acceptors (Lipinski definition) is 3. The van der Waals surface area contributed by atoms with Gasteiger partial charge in [-0.15, -0.1) is 0 Å². The second kappa shape index (κ2) is 7.55. The summed E-state index contributed by atoms with van der Waals surface area (Å²) in [5.74, 6) is 1.38. The second-order valence-corrected chi connectivity index (χ2v) is 5.38. The smallest absolute Gasteiger partial charge is 0.161 e. The maximum Gasteiger partial charge on any atom is 0.161 e. The van der Waals surface area contributed by atoms with Crippen LogP contribution >= 0.6 is 23.2 Å². The van der Waals surface area contributed by atoms with Crippen LogP contribution in [0.5, 0.6) is 11.5 Å². The molecule has 5 heteroatoms. The summed E-state index contributed by atoms with van der Waals surface area (Å²) in [4.78, 5) is 0. The quantitative estimate of drug-likeness (QED) is 0.870. The lowest BCUT2D eigenvalue weighted by Crippen LogP contribution is -2.04. The van der Waals surface area contributed by atoms with Crippen molar-refractivity contribution in [1.29, 1.82) is 0 Å². The van der Waals surface area contributed by atoms with Crippen LogP contribution in [0.4, 0.5) is 0 Å². The zero-order valence-corrected chi connectivity index (χ0v) is 13.2. The highest BCUT2D eigenvalue weighted by atomic mass is 35.5. The van der Waals surface area contributed by atoms with E-state index in [0.717, 1.165) is 17.5 Å². The maximum absolute atomic E-state index is 5.99. The van der Waals surface area contributed by atoms with E-state index < -0.39 is 0 Å². The Labute approximate surface area is 134 Å². The predicted molar refractivity (Wildman–Crippen MR) is 86.5 cm³/mol. The molecule has 0 saturated heterocycles. The van der Waals surface area contributed by atoms with Gasteiger partial charge in [-0.3, -0.25) is 0 Å². The third-order valence-corrected chi connectivity index (χ3v) is 3.78. The summed E-state index contributed by atoms with van der Waals surface area (Å²) in [6.07, 6.45) is 0.799. The Morgan fingerprint density at radius 1 is 0.952 bits per heavy atom. The minimum absolute atomic E-state index is 0.388. The predicted octanol–water partition coefficient (Wildman–Crippen LogP) is 4.08. The van der Waals surface area contributed by atoms with Crippen LogP contribution in [0, 0.1) is 0 Å². The van der Waals surface area contributed by atoms with E-state index in [1.165, 1.54) is 0 Å². The monoisotopic (exact) mass is 325 g/mol. The van der Waals surface area contributed by atoms with Crippen LogP contribution in [0.2, 0.25) is 10.0 Å². The lowest BCUT2D eigenvalue weighted by molar-refractivity contribution is 0.284. The molecule has 0 atom stereocenters. The fourth-order valence-corrected chi connectivity index (χ4v) is 2.27. The maximum atomic E-state index is 5.99. The van der Waals surface area contributed by atoms with E-state index in [2.05, 4.69) is 0 Å². The zero-order valence-electron chi connectivity index (χ0n) is 11.7. The first kappa shape index (κ1) is 16.0. The highest BCUT2D eigenvalue weighted by Gasteiger charge is 2.07. The molecule has 0 aliphatic carbocycles. The molecular weight excluding hydrogens is 309 g/mol. The molecule has 0 amide bonds. The summed E-state index contributed by atoms with van der Waals surface area (Å²) in [5, 5.41) is 1.05. The van der Waals surface area contributed by atoms with Crippen molar-refractivity contribution in [3.05, 3.63) is 57.6 Å². The molecule has 0 fully saturated rings. The standard InChI is InChI=1S/C16H17Cl2NO2/c1-20-15-5-3-11(6-7-19)9-16(15)21-10-12-2-4-13(17)14(18)8-12/h2-5,8-9H,6-7,10,19H2,1H3. The highest BCUT2D eigenvalue weighted by molar-refractivity contribution is 6.42. The zero-order chi connectivity index (χ0) is 15.2. The van der Waals surface area contributed by atoms with Gasteiger partial charge < -0.3 is 15.2 Å². The first-order valence-electron chi connectivity index (χ1n) is 6.57. The number of benzene rings is 2. The van der Waals surface area contributed by atoms with Crippen molar-refractivity contribution < 1.29 is 9.47 Å². The Balaban J connectivity index is 2.13. The molecule has 0 aliphatic heterocycles. The van der Waals surface area contributed by atoms with Crippen molar-refractivity contribution in [3.63, 3.8) is 0 Å². The second-order valence-electron chi connectivity index (χ2n) is 4.56. The van der Waals surface area contributed by atoms with Crippen LogP contribution in [0.1, 0.15) is 11.1 Å². The van der Waals surface area contributed by atoms with Gasteiger partial charge >= 0.3 is 0 Å². The van der Waals surface area contributed by atoms with Gasteiger partial charge in [0.1, 0.15) is 6.61 Å². The SMILES string of the molecule is COc1ccc(CCN)cc1OCc1ccc(Cl)c(Cl)c1. The summed E-state index contributed by atoms with van der Waals surface area (Å²) in [6.45, 7) is 0.984. The number of nitrogens with two attached hydrogens (primary N) is 1. The molecule has 112 valence electrons. The van der Waals surface area contributed by atoms with Gasteiger partial charge in [-0.05, 0) is 48.4 Å². The molecule has 2 aromatic carbocycles. The van der Waals surface area contributed by atoms with Crippen molar-refractivity contribution in [3.8, 4) is 11.5 Å². The number of ether oxygens (including phenoxy) is 2. The van der Waals surface area contributed by atoms with Crippen LogP contribution in [-0.2, 0) is 13.0 Å². The van der Waals surface area contributed by atoms with E-state index in [-0.39, 0.29) is 0 Å². The van der Waals surface area contributed by atoms with Gasteiger partial charge in [0.2, 0.25) is 0 Å². The van der Waals surface area contributed by atoms with Crippen LogP contribution in [0.15, 0.2) is 36.4 Å². The summed E-state index contributed by atoms with van der Waals surface area (Å²) < 4.78 is 11.1. The Bertz CT molecular complexity index is 617. The van der Waals surface area contributed by atoms with Gasteiger partial charge in [0.25, 0.3) is 0 Å². The van der Waals surface area contributed by atoms with E-state index in [1.807, 2.05) is 24.3 Å². The third-order valence-electron chi connectivity index (χ3n) is 3.04. The molecule has 2 aromatic rings. The minimum atomic E-state index is 0.388. The van der Waals surface area contributed by atoms with Gasteiger partial charge in [0.05, 0.1) is 17.2 Å². The Morgan fingerprint density at radius 3 is 2.38 bits per heavy atom. The molecule has 0 bridgehead atoms. The van der Waals surface area contributed by atoms with E-state index >= 15 is 0 Å². The molecular formula is C16H17Cl2NO2. The van der Waals surface area contributed by atoms with Crippen LogP contribution in [-0.4, -0.2) is 13.7 Å². The van der Waals surface area contributed by atoms with Gasteiger partial charge in [-0.25, -0.2) is 0 Å². The molecule has 0 unspecified atom stereocenters. The largest absolute Gasteiger partial charge is 0.493 e. The summed E-state index contributed by atoms with van der Waals surface area (Å²) in [6, 6.07) is 11.2. The van der Waals surface area contributed by atoms with Crippen molar-refractivity contribution in [2.75, 3.05) is 13.7 Å². The number of rotatable bonds is 6. The molecule has 21 heavy (non-hydrogen) atoms. The topological polar surface area (TPSA) is 44.5 Å². The van der Waals surface area contributed by atoms with Gasteiger partial charge in [-0.1, -0.05) is 35.3 Å². The average molecular weight is 326 g/mol. The molecule has 0 aliphatic rings. The molecule has 0 heterocycles. The minimum Gasteiger partial charge on any atom is -0.493 e. The van der Waals surface area contributed by atoms with E-state index in [4.69, 9.17) is 38.4 Å². The van der Waals surface area contributed by atoms with E-state index in [1.54, 1.807) is 19.2 Å². The van der Waals surface area contributed by atoms with Crippen molar-refractivity contribution in [1.82, 2.24) is 0 Å². The lowest BCUT2D eigenvalue weighted by atomic mass is 10.1. The summed E-state index contributed by atoms with van der Waals surface area (Å²) >= 11 is 11.9. The molecule has 0 spiro atoms. The molecule has 0 aromatic heterocycles. The fraction of sp³-hybridized carbons (Fsp3) is 0.250. The fourth-order valence-electron chi connectivity index (χ4n) is 1.95. The first-order valence-corrected chi connectivity index (χ1v) is 7.33. The van der Waals surface area contributed by atoms with E-state index in [9.17, 15) is 0 Å². The molecule has 0 radical (unpaired) electrons. The number of hydrogen-bond donors (Lipinski definition) is 1. The molecule has 2 N–H and O–H groups in total. The third kappa shape index (κ3) is 4.27. The first-order chi connectivity index (χ1) is 10.1. The highest BCUT2D eigenvalue weighted by Crippen LogP contribution is 2.30. The lowest BCUT2D eigenvalue weighted by Gasteiger charge is -2.12. The Kier molecular flexibility index (Phi) is 5.74. The van der Waals surface area contributed by atoms with E-state index in [0.29, 0.717) is 34.7 Å². The van der Waals surface area contributed by atoms with Crippen LogP contribution in [0.25, 0.3) is 0 Å². The number of halogens is 2. The molecule has 0 saturated carbocycles. The van der Waals surface area contributed by atoms with Crippen LogP contribution < -0.4 is 15.2 Å². The molecule has 2 rings (SSSR count). The van der Waals surface area contributed by atoms with Gasteiger partial charge in [0.15, 0.2) is 11.5 Å². The van der Waals surface area contributed by atoms with Crippen molar-refractivity contribution in [2.24, 2.45) is 5.73 Å². The normalized spacial score (nSPS) is 10.5. The number of methoxy groups -OCH3 is 1. The average Bonchev–Trinajstić information content (AvgIpc) is 2.49. The van der Waals surface area contributed by atoms with Crippen molar-refractivity contribution in [2.45, 2.75) is 13.0 Å². The van der Waals surface area contributed by atoms with Crippen LogP contribution in [0.3, 0.4) is 0 Å². The van der Waals surface area contributed by atoms with Gasteiger partial charge in [-0.2, -0.15) is 0 Å². The summed E-state index contributed by atoms with van der Waals surface area (Å²) in [7, 11) is 1.62.